The first kappa shape index (κ1) is 26.4. The first-order valence-corrected chi connectivity index (χ1v) is 13.5. The van der Waals surface area contributed by atoms with Gasteiger partial charge in [-0.1, -0.05) is 43.6 Å². The number of nitrogens with one attached hydrogen (secondary N) is 1. The Kier molecular flexibility index (Phi) is 7.91. The number of amides is 1. The fraction of sp³-hybridized carbons (Fsp3) is 0.633. The minimum absolute atomic E-state index is 0.0722. The summed E-state index contributed by atoms with van der Waals surface area (Å²) in [5, 5.41) is 7.64. The molecule has 1 aromatic heterocycles. The van der Waals surface area contributed by atoms with Crippen molar-refractivity contribution in [3.63, 3.8) is 0 Å². The molecule has 6 nitrogen and oxygen atoms in total. The quantitative estimate of drug-likeness (QED) is 0.354. The number of hydrogen-bond donors (Lipinski definition) is 1. The highest BCUT2D eigenvalue weighted by atomic mass is 16.5. The largest absolute Gasteiger partial charge is 0.469 e. The average molecular weight is 495 g/mol. The summed E-state index contributed by atoms with van der Waals surface area (Å²) in [6, 6.07) is 6.00. The molecule has 0 bridgehead atoms. The molecule has 0 spiro atoms. The first-order chi connectivity index (χ1) is 17.0. The third kappa shape index (κ3) is 6.57. The van der Waals surface area contributed by atoms with Crippen molar-refractivity contribution in [1.82, 2.24) is 5.16 Å². The van der Waals surface area contributed by atoms with Crippen LogP contribution >= 0.6 is 0 Å². The number of carbonyl (C=O) groups is 2. The third-order valence-corrected chi connectivity index (χ3v) is 7.68. The molecule has 1 aromatic carbocycles. The maximum absolute atomic E-state index is 13.1. The lowest BCUT2D eigenvalue weighted by Gasteiger charge is -2.38. The highest BCUT2D eigenvalue weighted by Crippen LogP contribution is 2.53. The molecule has 4 rings (SSSR count). The van der Waals surface area contributed by atoms with Crippen molar-refractivity contribution in [3.05, 3.63) is 46.3 Å². The van der Waals surface area contributed by atoms with Crippen LogP contribution in [-0.4, -0.2) is 24.1 Å². The maximum atomic E-state index is 13.1. The highest BCUT2D eigenvalue weighted by Gasteiger charge is 2.42. The Balaban J connectivity index is 1.52. The smallest absolute Gasteiger partial charge is 0.305 e. The minimum Gasteiger partial charge on any atom is -0.469 e. The standard InChI is InChI=1S/C30H42N2O4/c1-18-7-11-24(19(2)13-18)31-25(33)16-22(10-12-26(34)35-6)28-27(21-8-9-21)29(36-32-28)23-14-20(15-23)17-30(3,4)5/h7,11,13,20-23H,8-10,12,14-17H2,1-6H3,(H,31,33). The topological polar surface area (TPSA) is 81.4 Å². The predicted octanol–water partition coefficient (Wildman–Crippen LogP) is 7.16. The van der Waals surface area contributed by atoms with E-state index in [1.54, 1.807) is 0 Å². The van der Waals surface area contributed by atoms with Crippen LogP contribution in [-0.2, 0) is 14.3 Å². The molecule has 0 aliphatic heterocycles. The summed E-state index contributed by atoms with van der Waals surface area (Å²) in [5.41, 5.74) is 5.46. The van der Waals surface area contributed by atoms with E-state index in [2.05, 4.69) is 37.3 Å². The van der Waals surface area contributed by atoms with Gasteiger partial charge in [-0.05, 0) is 81.3 Å². The van der Waals surface area contributed by atoms with Crippen molar-refractivity contribution in [2.24, 2.45) is 11.3 Å². The number of nitrogens with zero attached hydrogens (tertiary/aromatic N) is 1. The molecular weight excluding hydrogens is 452 g/mol. The van der Waals surface area contributed by atoms with E-state index in [4.69, 9.17) is 9.26 Å². The molecule has 6 heteroatoms. The number of benzene rings is 1. The Morgan fingerprint density at radius 1 is 1.17 bits per heavy atom. The second-order valence-electron chi connectivity index (χ2n) is 12.3. The van der Waals surface area contributed by atoms with Gasteiger partial charge in [0.1, 0.15) is 5.76 Å². The minimum atomic E-state index is -0.268. The number of ether oxygens (including phenoxy) is 1. The Morgan fingerprint density at radius 2 is 1.89 bits per heavy atom. The van der Waals surface area contributed by atoms with Gasteiger partial charge in [0.15, 0.2) is 0 Å². The van der Waals surface area contributed by atoms with Crippen LogP contribution < -0.4 is 5.32 Å². The zero-order valence-corrected chi connectivity index (χ0v) is 22.8. The first-order valence-electron chi connectivity index (χ1n) is 13.5. The van der Waals surface area contributed by atoms with Gasteiger partial charge in [-0.15, -0.1) is 0 Å². The van der Waals surface area contributed by atoms with Crippen LogP contribution in [0.2, 0.25) is 0 Å². The lowest BCUT2D eigenvalue weighted by atomic mass is 9.66. The van der Waals surface area contributed by atoms with Crippen molar-refractivity contribution >= 4 is 17.6 Å². The summed E-state index contributed by atoms with van der Waals surface area (Å²) in [5.74, 6) is 2.12. The molecule has 1 N–H and O–H groups in total. The van der Waals surface area contributed by atoms with Gasteiger partial charge in [0.05, 0.1) is 12.8 Å². The van der Waals surface area contributed by atoms with Crippen LogP contribution in [0, 0.1) is 25.2 Å². The van der Waals surface area contributed by atoms with E-state index < -0.39 is 0 Å². The molecule has 2 aliphatic carbocycles. The van der Waals surface area contributed by atoms with E-state index in [1.165, 1.54) is 19.1 Å². The van der Waals surface area contributed by atoms with Crippen molar-refractivity contribution in [3.8, 4) is 0 Å². The third-order valence-electron chi connectivity index (χ3n) is 7.68. The monoisotopic (exact) mass is 494 g/mol. The molecule has 36 heavy (non-hydrogen) atoms. The van der Waals surface area contributed by atoms with Crippen LogP contribution in [0.25, 0.3) is 0 Å². The number of anilines is 1. The van der Waals surface area contributed by atoms with Gasteiger partial charge < -0.3 is 14.6 Å². The van der Waals surface area contributed by atoms with E-state index in [-0.39, 0.29) is 30.6 Å². The van der Waals surface area contributed by atoms with Crippen LogP contribution in [0.15, 0.2) is 22.7 Å². The molecule has 2 fully saturated rings. The lowest BCUT2D eigenvalue weighted by Crippen LogP contribution is -2.26. The molecule has 1 heterocycles. The summed E-state index contributed by atoms with van der Waals surface area (Å²) < 4.78 is 10.9. The molecule has 2 aliphatic rings. The molecule has 2 saturated carbocycles. The number of aryl methyl sites for hydroxylation is 2. The van der Waals surface area contributed by atoms with E-state index in [9.17, 15) is 9.59 Å². The summed E-state index contributed by atoms with van der Waals surface area (Å²) in [7, 11) is 1.40. The van der Waals surface area contributed by atoms with E-state index in [1.807, 2.05) is 26.0 Å². The van der Waals surface area contributed by atoms with Crippen LogP contribution in [0.5, 0.6) is 0 Å². The molecular formula is C30H42N2O4. The summed E-state index contributed by atoms with van der Waals surface area (Å²) >= 11 is 0. The van der Waals surface area contributed by atoms with E-state index >= 15 is 0 Å². The summed E-state index contributed by atoms with van der Waals surface area (Å²) in [6.45, 7) is 10.9. The number of rotatable bonds is 10. The molecule has 2 aromatic rings. The Bertz CT molecular complexity index is 1090. The Labute approximate surface area is 215 Å². The van der Waals surface area contributed by atoms with E-state index in [0.717, 1.165) is 59.9 Å². The van der Waals surface area contributed by atoms with E-state index in [0.29, 0.717) is 23.7 Å². The zero-order valence-electron chi connectivity index (χ0n) is 22.8. The Morgan fingerprint density at radius 3 is 2.50 bits per heavy atom. The fourth-order valence-electron chi connectivity index (χ4n) is 5.79. The number of aromatic nitrogens is 1. The van der Waals surface area contributed by atoms with Gasteiger partial charge in [0, 0.05) is 35.9 Å². The van der Waals surface area contributed by atoms with Gasteiger partial charge in [-0.2, -0.15) is 0 Å². The number of esters is 1. The van der Waals surface area contributed by atoms with Crippen molar-refractivity contribution in [2.45, 2.75) is 104 Å². The molecule has 1 unspecified atom stereocenters. The Hall–Kier alpha value is -2.63. The lowest BCUT2D eigenvalue weighted by molar-refractivity contribution is -0.141. The number of hydrogen-bond acceptors (Lipinski definition) is 5. The summed E-state index contributed by atoms with van der Waals surface area (Å²) in [4.78, 5) is 25.1. The normalized spacial score (nSPS) is 20.5. The van der Waals surface area contributed by atoms with Crippen molar-refractivity contribution in [2.75, 3.05) is 12.4 Å². The van der Waals surface area contributed by atoms with Crippen molar-refractivity contribution in [1.29, 1.82) is 0 Å². The zero-order chi connectivity index (χ0) is 26.0. The van der Waals surface area contributed by atoms with Gasteiger partial charge in [0.25, 0.3) is 0 Å². The average Bonchev–Trinajstić information content (AvgIpc) is 3.53. The SMILES string of the molecule is COC(=O)CCC(CC(=O)Nc1ccc(C)cc1C)c1noc(C2CC(CC(C)(C)C)C2)c1C1CC1. The van der Waals surface area contributed by atoms with Gasteiger partial charge >= 0.3 is 5.97 Å². The predicted molar refractivity (Wildman–Crippen MR) is 141 cm³/mol. The second kappa shape index (κ2) is 10.8. The molecule has 196 valence electrons. The van der Waals surface area contributed by atoms with Crippen molar-refractivity contribution < 1.29 is 18.8 Å². The van der Waals surface area contributed by atoms with Crippen LogP contribution in [0.4, 0.5) is 5.69 Å². The van der Waals surface area contributed by atoms with Crippen LogP contribution in [0.1, 0.15) is 118 Å². The molecule has 1 amide bonds. The molecule has 0 radical (unpaired) electrons. The number of carbonyl (C=O) groups excluding carboxylic acids is 2. The highest BCUT2D eigenvalue weighted by molar-refractivity contribution is 5.92. The number of methoxy groups -OCH3 is 1. The van der Waals surface area contributed by atoms with Gasteiger partial charge in [-0.3, -0.25) is 9.59 Å². The summed E-state index contributed by atoms with van der Waals surface area (Å²) in [6.07, 6.45) is 6.81. The fourth-order valence-corrected chi connectivity index (χ4v) is 5.79. The van der Waals surface area contributed by atoms with Gasteiger partial charge in [0.2, 0.25) is 5.91 Å². The second-order valence-corrected chi connectivity index (χ2v) is 12.3. The van der Waals surface area contributed by atoms with Crippen LogP contribution in [0.3, 0.4) is 0 Å². The maximum Gasteiger partial charge on any atom is 0.305 e. The van der Waals surface area contributed by atoms with Gasteiger partial charge in [-0.25, -0.2) is 0 Å². The molecule has 1 atom stereocenters. The molecule has 0 saturated heterocycles.